The molecule has 1 saturated heterocycles. The van der Waals surface area contributed by atoms with Crippen LogP contribution in [0.3, 0.4) is 0 Å². The van der Waals surface area contributed by atoms with Gasteiger partial charge in [0.2, 0.25) is 5.91 Å². The first-order valence-electron chi connectivity index (χ1n) is 5.83. The van der Waals surface area contributed by atoms with E-state index in [9.17, 15) is 4.79 Å². The summed E-state index contributed by atoms with van der Waals surface area (Å²) in [6, 6.07) is 0.0469. The van der Waals surface area contributed by atoms with Gasteiger partial charge in [-0.15, -0.1) is 0 Å². The van der Waals surface area contributed by atoms with Crippen molar-refractivity contribution in [1.29, 1.82) is 0 Å². The van der Waals surface area contributed by atoms with E-state index >= 15 is 0 Å². The third-order valence-electron chi connectivity index (χ3n) is 3.17. The number of hydrogen-bond donors (Lipinski definition) is 1. The van der Waals surface area contributed by atoms with Crippen molar-refractivity contribution in [2.45, 2.75) is 25.8 Å². The lowest BCUT2D eigenvalue weighted by Crippen LogP contribution is -2.51. The summed E-state index contributed by atoms with van der Waals surface area (Å²) in [5.41, 5.74) is 0. The number of hydrogen-bond acceptors (Lipinski definition) is 3. The van der Waals surface area contributed by atoms with E-state index < -0.39 is 0 Å². The molecular formula is C11H23N3O. The van der Waals surface area contributed by atoms with Gasteiger partial charge in [0.05, 0.1) is 6.04 Å². The zero-order chi connectivity index (χ0) is 11.3. The van der Waals surface area contributed by atoms with Crippen LogP contribution in [0.4, 0.5) is 0 Å². The van der Waals surface area contributed by atoms with Crippen molar-refractivity contribution in [2.24, 2.45) is 0 Å². The fourth-order valence-corrected chi connectivity index (χ4v) is 1.88. The van der Waals surface area contributed by atoms with E-state index in [1.807, 2.05) is 11.9 Å². The second kappa shape index (κ2) is 6.08. The van der Waals surface area contributed by atoms with E-state index in [0.717, 1.165) is 39.0 Å². The Hall–Kier alpha value is -0.610. The molecule has 88 valence electrons. The van der Waals surface area contributed by atoms with E-state index in [-0.39, 0.29) is 11.9 Å². The van der Waals surface area contributed by atoms with E-state index in [1.54, 1.807) is 0 Å². The first-order chi connectivity index (χ1) is 7.19. The number of amides is 1. The molecule has 15 heavy (non-hydrogen) atoms. The number of carbonyl (C=O) groups is 1. The van der Waals surface area contributed by atoms with Gasteiger partial charge in [-0.1, -0.05) is 6.92 Å². The molecule has 0 spiro atoms. The van der Waals surface area contributed by atoms with Gasteiger partial charge in [0.25, 0.3) is 0 Å². The summed E-state index contributed by atoms with van der Waals surface area (Å²) < 4.78 is 0. The molecule has 0 bridgehead atoms. The molecular weight excluding hydrogens is 190 g/mol. The zero-order valence-corrected chi connectivity index (χ0v) is 10.1. The van der Waals surface area contributed by atoms with Gasteiger partial charge >= 0.3 is 0 Å². The molecule has 1 atom stereocenters. The normalized spacial score (nSPS) is 22.5. The van der Waals surface area contributed by atoms with Gasteiger partial charge < -0.3 is 15.1 Å². The lowest BCUT2D eigenvalue weighted by atomic mass is 10.1. The van der Waals surface area contributed by atoms with Crippen molar-refractivity contribution < 1.29 is 4.79 Å². The van der Waals surface area contributed by atoms with Gasteiger partial charge in [0.15, 0.2) is 0 Å². The van der Waals surface area contributed by atoms with Crippen molar-refractivity contribution in [3.8, 4) is 0 Å². The third kappa shape index (κ3) is 3.47. The van der Waals surface area contributed by atoms with E-state index in [4.69, 9.17) is 0 Å². The molecule has 1 rings (SSSR count). The fraction of sp³-hybridized carbons (Fsp3) is 0.909. The third-order valence-corrected chi connectivity index (χ3v) is 3.17. The van der Waals surface area contributed by atoms with Gasteiger partial charge in [-0.3, -0.25) is 4.79 Å². The van der Waals surface area contributed by atoms with Crippen LogP contribution in [0.15, 0.2) is 0 Å². The number of likely N-dealkylation sites (N-methyl/N-ethyl adjacent to an activating group) is 2. The molecule has 0 aromatic heterocycles. The van der Waals surface area contributed by atoms with Crippen LogP contribution >= 0.6 is 0 Å². The van der Waals surface area contributed by atoms with E-state index in [2.05, 4.69) is 24.2 Å². The second-order valence-electron chi connectivity index (χ2n) is 4.20. The lowest BCUT2D eigenvalue weighted by molar-refractivity contribution is -0.135. The van der Waals surface area contributed by atoms with E-state index in [1.165, 1.54) is 0 Å². The Kier molecular flexibility index (Phi) is 5.05. The Morgan fingerprint density at radius 3 is 2.93 bits per heavy atom. The van der Waals surface area contributed by atoms with Crippen LogP contribution in [0.1, 0.15) is 19.8 Å². The van der Waals surface area contributed by atoms with Crippen LogP contribution in [0.5, 0.6) is 0 Å². The van der Waals surface area contributed by atoms with Crippen molar-refractivity contribution in [3.05, 3.63) is 0 Å². The molecule has 1 amide bonds. The Labute approximate surface area is 92.6 Å². The van der Waals surface area contributed by atoms with Gasteiger partial charge in [0.1, 0.15) is 0 Å². The molecule has 4 nitrogen and oxygen atoms in total. The monoisotopic (exact) mass is 213 g/mol. The van der Waals surface area contributed by atoms with Crippen molar-refractivity contribution in [3.63, 3.8) is 0 Å². The predicted molar refractivity (Wildman–Crippen MR) is 61.8 cm³/mol. The van der Waals surface area contributed by atoms with E-state index in [0.29, 0.717) is 0 Å². The molecule has 0 aromatic rings. The zero-order valence-electron chi connectivity index (χ0n) is 10.1. The minimum absolute atomic E-state index is 0.0469. The van der Waals surface area contributed by atoms with Gasteiger partial charge in [-0.25, -0.2) is 0 Å². The number of nitrogens with one attached hydrogen (secondary N) is 1. The molecule has 1 aliphatic rings. The topological polar surface area (TPSA) is 35.6 Å². The lowest BCUT2D eigenvalue weighted by Gasteiger charge is -2.33. The molecule has 0 saturated carbocycles. The number of nitrogens with zero attached hydrogens (tertiary/aromatic N) is 2. The molecule has 1 unspecified atom stereocenters. The Balaban J connectivity index is 2.37. The van der Waals surface area contributed by atoms with Gasteiger partial charge in [0, 0.05) is 19.6 Å². The smallest absolute Gasteiger partial charge is 0.239 e. The maximum Gasteiger partial charge on any atom is 0.239 e. The highest BCUT2D eigenvalue weighted by Crippen LogP contribution is 2.10. The van der Waals surface area contributed by atoms with Crippen molar-refractivity contribution in [1.82, 2.24) is 15.1 Å². The van der Waals surface area contributed by atoms with Crippen molar-refractivity contribution in [2.75, 3.05) is 40.3 Å². The maximum absolute atomic E-state index is 11.9. The minimum Gasteiger partial charge on any atom is -0.340 e. The standard InChI is InChI=1S/C11H23N3O/c1-4-13(3)8-9-14-7-5-6-10(12-2)11(14)15/h10,12H,4-9H2,1-3H3. The van der Waals surface area contributed by atoms with Gasteiger partial charge in [-0.2, -0.15) is 0 Å². The quantitative estimate of drug-likeness (QED) is 0.706. The van der Waals surface area contributed by atoms with Crippen LogP contribution in [-0.4, -0.2) is 62.0 Å². The predicted octanol–water partition coefficient (Wildman–Crippen LogP) is 0.149. The highest BCUT2D eigenvalue weighted by molar-refractivity contribution is 5.82. The largest absolute Gasteiger partial charge is 0.340 e. The highest BCUT2D eigenvalue weighted by Gasteiger charge is 2.26. The maximum atomic E-state index is 11.9. The number of likely N-dealkylation sites (tertiary alicyclic amines) is 1. The molecule has 0 aromatic carbocycles. The SMILES string of the molecule is CCN(C)CCN1CCCC(NC)C1=O. The summed E-state index contributed by atoms with van der Waals surface area (Å²) >= 11 is 0. The second-order valence-corrected chi connectivity index (χ2v) is 4.20. The fourth-order valence-electron chi connectivity index (χ4n) is 1.88. The number of carbonyl (C=O) groups excluding carboxylic acids is 1. The Morgan fingerprint density at radius 1 is 1.60 bits per heavy atom. The molecule has 1 fully saturated rings. The highest BCUT2D eigenvalue weighted by atomic mass is 16.2. The first-order valence-corrected chi connectivity index (χ1v) is 5.83. The summed E-state index contributed by atoms with van der Waals surface area (Å²) in [5.74, 6) is 0.272. The Bertz CT molecular complexity index is 208. The average molecular weight is 213 g/mol. The van der Waals surface area contributed by atoms with Crippen LogP contribution < -0.4 is 5.32 Å². The summed E-state index contributed by atoms with van der Waals surface area (Å²) in [5, 5.41) is 3.08. The van der Waals surface area contributed by atoms with Crippen LogP contribution in [0, 0.1) is 0 Å². The molecule has 1 N–H and O–H groups in total. The molecule has 1 heterocycles. The summed E-state index contributed by atoms with van der Waals surface area (Å²) in [6.07, 6.45) is 2.10. The Morgan fingerprint density at radius 2 is 2.33 bits per heavy atom. The molecule has 1 aliphatic heterocycles. The number of piperidine rings is 1. The molecule has 4 heteroatoms. The van der Waals surface area contributed by atoms with Crippen molar-refractivity contribution >= 4 is 5.91 Å². The first kappa shape index (κ1) is 12.5. The van der Waals surface area contributed by atoms with Gasteiger partial charge in [-0.05, 0) is 33.5 Å². The van der Waals surface area contributed by atoms with Crippen LogP contribution in [0.2, 0.25) is 0 Å². The average Bonchev–Trinajstić information content (AvgIpc) is 2.27. The molecule has 0 radical (unpaired) electrons. The summed E-state index contributed by atoms with van der Waals surface area (Å²) in [7, 11) is 3.95. The van der Waals surface area contributed by atoms with Crippen LogP contribution in [0.25, 0.3) is 0 Å². The van der Waals surface area contributed by atoms with Crippen LogP contribution in [-0.2, 0) is 4.79 Å². The molecule has 0 aliphatic carbocycles. The summed E-state index contributed by atoms with van der Waals surface area (Å²) in [6.45, 7) is 5.93. The minimum atomic E-state index is 0.0469. The summed E-state index contributed by atoms with van der Waals surface area (Å²) in [4.78, 5) is 16.1. The number of rotatable bonds is 5.